The summed E-state index contributed by atoms with van der Waals surface area (Å²) in [5.74, 6) is 3.83. The molecular weight excluding hydrogens is 360 g/mol. The number of hydrogen-bond acceptors (Lipinski definition) is 5. The molecule has 1 aromatic carbocycles. The molecule has 0 atom stereocenters. The Labute approximate surface area is 168 Å². The Bertz CT molecular complexity index is 589. The van der Waals surface area contributed by atoms with Gasteiger partial charge in [-0.25, -0.2) is 0 Å². The van der Waals surface area contributed by atoms with E-state index in [-0.39, 0.29) is 0 Å². The maximum atomic E-state index is 5.41. The molecule has 0 amide bonds. The van der Waals surface area contributed by atoms with Gasteiger partial charge in [0, 0.05) is 46.3 Å². The Kier molecular flexibility index (Phi) is 9.62. The molecule has 1 fully saturated rings. The van der Waals surface area contributed by atoms with Gasteiger partial charge in [0.15, 0.2) is 17.5 Å². The highest BCUT2D eigenvalue weighted by atomic mass is 32.2. The van der Waals surface area contributed by atoms with Crippen molar-refractivity contribution in [3.8, 4) is 11.5 Å². The zero-order valence-electron chi connectivity index (χ0n) is 17.2. The Morgan fingerprint density at radius 2 is 1.85 bits per heavy atom. The third-order valence-electron chi connectivity index (χ3n) is 4.80. The fourth-order valence-electron chi connectivity index (χ4n) is 3.26. The first-order valence-corrected chi connectivity index (χ1v) is 11.0. The molecule has 7 heteroatoms. The summed E-state index contributed by atoms with van der Waals surface area (Å²) in [4.78, 5) is 9.29. The first-order chi connectivity index (χ1) is 13.2. The lowest BCUT2D eigenvalue weighted by atomic mass is 10.1. The van der Waals surface area contributed by atoms with Crippen LogP contribution in [0.25, 0.3) is 0 Å². The lowest BCUT2D eigenvalue weighted by Crippen LogP contribution is -2.52. The van der Waals surface area contributed by atoms with Crippen LogP contribution in [0.4, 0.5) is 0 Å². The van der Waals surface area contributed by atoms with Crippen LogP contribution in [0.15, 0.2) is 23.2 Å². The predicted molar refractivity (Wildman–Crippen MR) is 115 cm³/mol. The van der Waals surface area contributed by atoms with Crippen LogP contribution in [0.2, 0.25) is 0 Å². The highest BCUT2D eigenvalue weighted by molar-refractivity contribution is 7.98. The van der Waals surface area contributed by atoms with Crippen LogP contribution in [0, 0.1) is 0 Å². The number of benzene rings is 1. The summed E-state index contributed by atoms with van der Waals surface area (Å²) < 4.78 is 10.7. The summed E-state index contributed by atoms with van der Waals surface area (Å²) in [7, 11) is 5.22. The van der Waals surface area contributed by atoms with E-state index in [0.717, 1.165) is 56.7 Å². The Balaban J connectivity index is 1.79. The molecule has 0 radical (unpaired) electrons. The molecule has 27 heavy (non-hydrogen) atoms. The molecule has 0 aromatic heterocycles. The molecule has 1 heterocycles. The number of aliphatic imine (C=N–C) groups is 1. The van der Waals surface area contributed by atoms with Crippen molar-refractivity contribution in [3.63, 3.8) is 0 Å². The Morgan fingerprint density at radius 3 is 2.48 bits per heavy atom. The van der Waals surface area contributed by atoms with Gasteiger partial charge >= 0.3 is 0 Å². The summed E-state index contributed by atoms with van der Waals surface area (Å²) in [6, 6.07) is 6.16. The van der Waals surface area contributed by atoms with E-state index in [1.165, 1.54) is 24.2 Å². The number of piperazine rings is 1. The molecule has 152 valence electrons. The van der Waals surface area contributed by atoms with Crippen molar-refractivity contribution in [2.24, 2.45) is 4.99 Å². The van der Waals surface area contributed by atoms with Gasteiger partial charge < -0.3 is 19.7 Å². The first kappa shape index (κ1) is 21.7. The minimum Gasteiger partial charge on any atom is -0.493 e. The average molecular weight is 395 g/mol. The molecular formula is C20H34N4O2S. The van der Waals surface area contributed by atoms with Crippen molar-refractivity contribution < 1.29 is 9.47 Å². The number of rotatable bonds is 9. The van der Waals surface area contributed by atoms with E-state index < -0.39 is 0 Å². The van der Waals surface area contributed by atoms with Crippen LogP contribution in [0.5, 0.6) is 11.5 Å². The highest BCUT2D eigenvalue weighted by Gasteiger charge is 2.19. The molecule has 6 nitrogen and oxygen atoms in total. The van der Waals surface area contributed by atoms with E-state index in [1.54, 1.807) is 14.2 Å². The quantitative estimate of drug-likeness (QED) is 0.395. The molecule has 1 aliphatic rings. The van der Waals surface area contributed by atoms with E-state index in [0.29, 0.717) is 0 Å². The van der Waals surface area contributed by atoms with Gasteiger partial charge in [0.25, 0.3) is 0 Å². The topological polar surface area (TPSA) is 49.3 Å². The zero-order valence-corrected chi connectivity index (χ0v) is 18.0. The largest absolute Gasteiger partial charge is 0.493 e. The molecule has 0 saturated carbocycles. The van der Waals surface area contributed by atoms with Crippen molar-refractivity contribution in [3.05, 3.63) is 23.8 Å². The highest BCUT2D eigenvalue weighted by Crippen LogP contribution is 2.28. The van der Waals surface area contributed by atoms with E-state index in [4.69, 9.17) is 9.47 Å². The number of unbranched alkanes of at least 4 members (excludes halogenated alkanes) is 1. The number of ether oxygens (including phenoxy) is 2. The van der Waals surface area contributed by atoms with Gasteiger partial charge in [-0.05, 0) is 42.5 Å². The summed E-state index contributed by atoms with van der Waals surface area (Å²) in [5.41, 5.74) is 1.25. The van der Waals surface area contributed by atoms with Crippen LogP contribution < -0.4 is 14.8 Å². The third-order valence-corrected chi connectivity index (χ3v) is 5.49. The van der Waals surface area contributed by atoms with Crippen LogP contribution in [0.1, 0.15) is 18.4 Å². The predicted octanol–water partition coefficient (Wildman–Crippen LogP) is 2.54. The number of hydrogen-bond donors (Lipinski definition) is 1. The smallest absolute Gasteiger partial charge is 0.193 e. The maximum absolute atomic E-state index is 5.41. The molecule has 1 saturated heterocycles. The fraction of sp³-hybridized carbons (Fsp3) is 0.650. The van der Waals surface area contributed by atoms with Gasteiger partial charge in [-0.2, -0.15) is 11.8 Å². The fourth-order valence-corrected chi connectivity index (χ4v) is 3.75. The molecule has 1 aliphatic heterocycles. The summed E-state index contributed by atoms with van der Waals surface area (Å²) in [6.07, 6.45) is 4.61. The van der Waals surface area contributed by atoms with Gasteiger partial charge in [-0.1, -0.05) is 6.07 Å². The number of methoxy groups -OCH3 is 2. The summed E-state index contributed by atoms with van der Waals surface area (Å²) in [5, 5.41) is 3.51. The van der Waals surface area contributed by atoms with Crippen LogP contribution in [0.3, 0.4) is 0 Å². The lowest BCUT2D eigenvalue weighted by Gasteiger charge is -2.36. The van der Waals surface area contributed by atoms with E-state index >= 15 is 0 Å². The van der Waals surface area contributed by atoms with Gasteiger partial charge in [-0.3, -0.25) is 9.89 Å². The van der Waals surface area contributed by atoms with Gasteiger partial charge in [0.05, 0.1) is 14.2 Å². The van der Waals surface area contributed by atoms with E-state index in [2.05, 4.69) is 38.5 Å². The average Bonchev–Trinajstić information content (AvgIpc) is 2.71. The SMILES string of the molecule is CN=C(NCCCCSC)N1CCN(Cc2ccc(OC)c(OC)c2)CC1. The molecule has 1 aromatic rings. The van der Waals surface area contributed by atoms with E-state index in [9.17, 15) is 0 Å². The number of guanidine groups is 1. The molecule has 0 spiro atoms. The van der Waals surface area contributed by atoms with Crippen molar-refractivity contribution in [2.45, 2.75) is 19.4 Å². The second kappa shape index (κ2) is 12.0. The van der Waals surface area contributed by atoms with Crippen LogP contribution in [-0.4, -0.2) is 81.8 Å². The third kappa shape index (κ3) is 6.81. The molecule has 1 N–H and O–H groups in total. The Morgan fingerprint density at radius 1 is 1.11 bits per heavy atom. The molecule has 0 aliphatic carbocycles. The molecule has 0 bridgehead atoms. The van der Waals surface area contributed by atoms with Crippen molar-refractivity contribution in [1.29, 1.82) is 0 Å². The van der Waals surface area contributed by atoms with Crippen molar-refractivity contribution in [2.75, 3.05) is 66.0 Å². The molecule has 0 unspecified atom stereocenters. The van der Waals surface area contributed by atoms with Gasteiger partial charge in [0.2, 0.25) is 0 Å². The maximum Gasteiger partial charge on any atom is 0.193 e. The number of thioether (sulfide) groups is 1. The number of nitrogens with zero attached hydrogens (tertiary/aromatic N) is 3. The van der Waals surface area contributed by atoms with Crippen molar-refractivity contribution in [1.82, 2.24) is 15.1 Å². The monoisotopic (exact) mass is 394 g/mol. The normalized spacial score (nSPS) is 15.7. The van der Waals surface area contributed by atoms with Gasteiger partial charge in [0.1, 0.15) is 0 Å². The zero-order chi connectivity index (χ0) is 19.5. The second-order valence-corrected chi connectivity index (χ2v) is 7.61. The Hall–Kier alpha value is -1.60. The minimum absolute atomic E-state index is 0.776. The standard InChI is InChI=1S/C20H34N4O2S/c1-21-20(22-9-5-6-14-27-4)24-12-10-23(11-13-24)16-17-7-8-18(25-2)19(15-17)26-3/h7-8,15H,5-6,9-14,16H2,1-4H3,(H,21,22). The van der Waals surface area contributed by atoms with Crippen LogP contribution >= 0.6 is 11.8 Å². The molecule has 2 rings (SSSR count). The second-order valence-electron chi connectivity index (χ2n) is 6.63. The minimum atomic E-state index is 0.776. The van der Waals surface area contributed by atoms with Gasteiger partial charge in [-0.15, -0.1) is 0 Å². The summed E-state index contributed by atoms with van der Waals surface area (Å²) >= 11 is 1.91. The number of nitrogens with one attached hydrogen (secondary N) is 1. The first-order valence-electron chi connectivity index (χ1n) is 9.59. The lowest BCUT2D eigenvalue weighted by molar-refractivity contribution is 0.172. The van der Waals surface area contributed by atoms with Crippen LogP contribution in [-0.2, 0) is 6.54 Å². The van der Waals surface area contributed by atoms with Crippen molar-refractivity contribution >= 4 is 17.7 Å². The van der Waals surface area contributed by atoms with E-state index in [1.807, 2.05) is 24.9 Å². The summed E-state index contributed by atoms with van der Waals surface area (Å²) in [6.45, 7) is 5.98.